The number of hydrogen-bond acceptors (Lipinski definition) is 0. The topological polar surface area (TPSA) is 0 Å². The van der Waals surface area contributed by atoms with E-state index in [1.54, 1.807) is 5.57 Å². The Kier molecular flexibility index (Phi) is 2.75. The highest BCUT2D eigenvalue weighted by Crippen LogP contribution is 2.43. The van der Waals surface area contributed by atoms with Crippen molar-refractivity contribution in [3.8, 4) is 0 Å². The Morgan fingerprint density at radius 2 is 1.83 bits per heavy atom. The average Bonchev–Trinajstić information content (AvgIpc) is 2.17. The number of fused-ring (bicyclic) bond motifs is 1. The maximum atomic E-state index is 5.84. The molecule has 2 unspecified atom stereocenters. The molecule has 0 amide bonds. The van der Waals surface area contributed by atoms with E-state index in [1.807, 2.05) is 5.54 Å². The Hall–Kier alpha value is 0.0300. The minimum Gasteiger partial charge on any atom is -0.0930 e. The Balaban J connectivity index is 2.09. The molecule has 0 spiro atoms. The number of hydrogen-bond donors (Lipinski definition) is 0. The second kappa shape index (κ2) is 3.83. The van der Waals surface area contributed by atoms with Crippen LogP contribution in [0.5, 0.6) is 0 Å². The molecule has 2 aliphatic rings. The molecule has 0 radical (unpaired) electrons. The zero-order valence-electron chi connectivity index (χ0n) is 7.56. The fourth-order valence-electron chi connectivity index (χ4n) is 2.93. The van der Waals surface area contributed by atoms with Gasteiger partial charge in [0.1, 0.15) is 0 Å². The zero-order chi connectivity index (χ0) is 8.39. The standard InChI is InChI=1S/C11H17Cl/c12-8-10-6-3-5-9-4-1-2-7-11(9)10/h8-9,11H,1-7H2/b10-8+. The van der Waals surface area contributed by atoms with Gasteiger partial charge in [0.2, 0.25) is 0 Å². The molecule has 0 N–H and O–H groups in total. The third-order valence-corrected chi connectivity index (χ3v) is 3.85. The predicted octanol–water partition coefficient (Wildman–Crippen LogP) is 4.10. The maximum absolute atomic E-state index is 5.84. The summed E-state index contributed by atoms with van der Waals surface area (Å²) >= 11 is 5.84. The first-order valence-corrected chi connectivity index (χ1v) is 5.64. The van der Waals surface area contributed by atoms with E-state index in [4.69, 9.17) is 11.6 Å². The van der Waals surface area contributed by atoms with E-state index in [0.29, 0.717) is 0 Å². The van der Waals surface area contributed by atoms with Crippen LogP contribution in [-0.2, 0) is 0 Å². The van der Waals surface area contributed by atoms with Crippen molar-refractivity contribution in [3.63, 3.8) is 0 Å². The first kappa shape index (κ1) is 8.62. The van der Waals surface area contributed by atoms with Crippen LogP contribution in [0.1, 0.15) is 44.9 Å². The molecule has 0 saturated heterocycles. The van der Waals surface area contributed by atoms with E-state index in [1.165, 1.54) is 44.9 Å². The summed E-state index contributed by atoms with van der Waals surface area (Å²) in [6, 6.07) is 0. The molecule has 0 aliphatic heterocycles. The minimum atomic E-state index is 0.866. The first-order chi connectivity index (χ1) is 5.92. The molecule has 1 heteroatoms. The van der Waals surface area contributed by atoms with Crippen molar-refractivity contribution in [3.05, 3.63) is 11.1 Å². The van der Waals surface area contributed by atoms with Crippen molar-refractivity contribution in [1.29, 1.82) is 0 Å². The highest BCUT2D eigenvalue weighted by molar-refractivity contribution is 6.25. The Morgan fingerprint density at radius 1 is 1.08 bits per heavy atom. The van der Waals surface area contributed by atoms with Gasteiger partial charge in [-0.25, -0.2) is 0 Å². The Labute approximate surface area is 80.0 Å². The molecule has 2 atom stereocenters. The van der Waals surface area contributed by atoms with Crippen LogP contribution in [0.25, 0.3) is 0 Å². The molecular weight excluding hydrogens is 168 g/mol. The van der Waals surface area contributed by atoms with Crippen LogP contribution in [0.2, 0.25) is 0 Å². The molecule has 0 nitrogen and oxygen atoms in total. The van der Waals surface area contributed by atoms with Gasteiger partial charge >= 0.3 is 0 Å². The third kappa shape index (κ3) is 1.54. The van der Waals surface area contributed by atoms with Gasteiger partial charge in [-0.1, -0.05) is 30.0 Å². The van der Waals surface area contributed by atoms with Gasteiger partial charge < -0.3 is 0 Å². The van der Waals surface area contributed by atoms with E-state index < -0.39 is 0 Å². The number of allylic oxidation sites excluding steroid dienone is 1. The molecule has 2 aliphatic carbocycles. The quantitative estimate of drug-likeness (QED) is 0.532. The molecule has 12 heavy (non-hydrogen) atoms. The summed E-state index contributed by atoms with van der Waals surface area (Å²) in [5.41, 5.74) is 3.41. The van der Waals surface area contributed by atoms with Gasteiger partial charge in [-0.15, -0.1) is 0 Å². The lowest BCUT2D eigenvalue weighted by Crippen LogP contribution is -2.24. The van der Waals surface area contributed by atoms with Gasteiger partial charge in [-0.05, 0) is 43.9 Å². The van der Waals surface area contributed by atoms with Crippen LogP contribution >= 0.6 is 11.6 Å². The average molecular weight is 185 g/mol. The van der Waals surface area contributed by atoms with Gasteiger partial charge in [0.05, 0.1) is 0 Å². The van der Waals surface area contributed by atoms with E-state index >= 15 is 0 Å². The molecule has 2 rings (SSSR count). The molecule has 0 aromatic heterocycles. The van der Waals surface area contributed by atoms with Gasteiger partial charge in [0, 0.05) is 5.54 Å². The number of rotatable bonds is 0. The molecular formula is C11H17Cl. The van der Waals surface area contributed by atoms with Crippen molar-refractivity contribution in [2.45, 2.75) is 44.9 Å². The summed E-state index contributed by atoms with van der Waals surface area (Å²) < 4.78 is 0. The lowest BCUT2D eigenvalue weighted by Gasteiger charge is -2.37. The fourth-order valence-corrected chi connectivity index (χ4v) is 3.20. The smallest absolute Gasteiger partial charge is 0.00373 e. The Bertz CT molecular complexity index is 181. The van der Waals surface area contributed by atoms with Crippen molar-refractivity contribution in [2.24, 2.45) is 11.8 Å². The molecule has 2 fully saturated rings. The van der Waals surface area contributed by atoms with E-state index in [-0.39, 0.29) is 0 Å². The third-order valence-electron chi connectivity index (χ3n) is 3.57. The van der Waals surface area contributed by atoms with Crippen LogP contribution < -0.4 is 0 Å². The second-order valence-electron chi connectivity index (χ2n) is 4.23. The minimum absolute atomic E-state index is 0.866. The molecule has 0 aromatic rings. The highest BCUT2D eigenvalue weighted by atomic mass is 35.5. The van der Waals surface area contributed by atoms with Crippen LogP contribution in [-0.4, -0.2) is 0 Å². The molecule has 0 aromatic carbocycles. The van der Waals surface area contributed by atoms with Crippen molar-refractivity contribution < 1.29 is 0 Å². The lowest BCUT2D eigenvalue weighted by atomic mass is 9.69. The summed E-state index contributed by atoms with van der Waals surface area (Å²) in [6.45, 7) is 0. The van der Waals surface area contributed by atoms with Crippen LogP contribution in [0, 0.1) is 11.8 Å². The lowest BCUT2D eigenvalue weighted by molar-refractivity contribution is 0.223. The molecule has 2 saturated carbocycles. The van der Waals surface area contributed by atoms with Crippen molar-refractivity contribution in [1.82, 2.24) is 0 Å². The Morgan fingerprint density at radius 3 is 2.67 bits per heavy atom. The monoisotopic (exact) mass is 184 g/mol. The van der Waals surface area contributed by atoms with Crippen molar-refractivity contribution >= 4 is 11.6 Å². The van der Waals surface area contributed by atoms with Gasteiger partial charge in [-0.3, -0.25) is 0 Å². The largest absolute Gasteiger partial charge is 0.0930 e. The van der Waals surface area contributed by atoms with E-state index in [0.717, 1.165) is 11.8 Å². The normalized spacial score (nSPS) is 39.6. The number of halogens is 1. The van der Waals surface area contributed by atoms with Gasteiger partial charge in [-0.2, -0.15) is 0 Å². The maximum Gasteiger partial charge on any atom is 0.00373 e. The molecule has 0 heterocycles. The van der Waals surface area contributed by atoms with Crippen LogP contribution in [0.4, 0.5) is 0 Å². The van der Waals surface area contributed by atoms with Crippen molar-refractivity contribution in [2.75, 3.05) is 0 Å². The second-order valence-corrected chi connectivity index (χ2v) is 4.45. The first-order valence-electron chi connectivity index (χ1n) is 5.21. The SMILES string of the molecule is Cl/C=C1\CCCC2CCCCC12. The van der Waals surface area contributed by atoms with Crippen LogP contribution in [0.3, 0.4) is 0 Å². The van der Waals surface area contributed by atoms with Gasteiger partial charge in [0.25, 0.3) is 0 Å². The summed E-state index contributed by atoms with van der Waals surface area (Å²) in [5, 5.41) is 0. The highest BCUT2D eigenvalue weighted by Gasteiger charge is 2.30. The van der Waals surface area contributed by atoms with Gasteiger partial charge in [0.15, 0.2) is 0 Å². The van der Waals surface area contributed by atoms with E-state index in [9.17, 15) is 0 Å². The summed E-state index contributed by atoms with van der Waals surface area (Å²) in [5.74, 6) is 1.85. The predicted molar refractivity (Wildman–Crippen MR) is 53.2 cm³/mol. The summed E-state index contributed by atoms with van der Waals surface area (Å²) in [7, 11) is 0. The molecule has 68 valence electrons. The molecule has 0 bridgehead atoms. The summed E-state index contributed by atoms with van der Waals surface area (Å²) in [4.78, 5) is 0. The summed E-state index contributed by atoms with van der Waals surface area (Å²) in [6.07, 6.45) is 9.84. The van der Waals surface area contributed by atoms with E-state index in [2.05, 4.69) is 0 Å². The fraction of sp³-hybridized carbons (Fsp3) is 0.818. The zero-order valence-corrected chi connectivity index (χ0v) is 8.32. The van der Waals surface area contributed by atoms with Crippen LogP contribution in [0.15, 0.2) is 11.1 Å².